The van der Waals surface area contributed by atoms with Gasteiger partial charge in [-0.25, -0.2) is 0 Å². The third kappa shape index (κ3) is 0.672. The molecule has 58 valence electrons. The molecule has 1 aromatic carbocycles. The first-order valence-corrected chi connectivity index (χ1v) is 4.46. The fourth-order valence-corrected chi connectivity index (χ4v) is 2.13. The predicted molar refractivity (Wildman–Crippen MR) is 52.0 cm³/mol. The summed E-state index contributed by atoms with van der Waals surface area (Å²) in [6.45, 7) is 0. The van der Waals surface area contributed by atoms with Crippen molar-refractivity contribution in [3.05, 3.63) is 39.8 Å². The summed E-state index contributed by atoms with van der Waals surface area (Å²) in [5.74, 6) is 0. The molecule has 0 aromatic heterocycles. The van der Waals surface area contributed by atoms with Crippen LogP contribution in [0.3, 0.4) is 0 Å². The number of fused-ring (bicyclic) bond motifs is 3. The largest absolute Gasteiger partial charge is 0.0766 e. The molecule has 0 aliphatic heterocycles. The van der Waals surface area contributed by atoms with Gasteiger partial charge in [0.2, 0.25) is 0 Å². The highest BCUT2D eigenvalue weighted by molar-refractivity contribution is 5.70. The van der Waals surface area contributed by atoms with Crippen LogP contribution in [0.2, 0.25) is 0 Å². The summed E-state index contributed by atoms with van der Waals surface area (Å²) in [6.07, 6.45) is 11.3. The van der Waals surface area contributed by atoms with E-state index in [0.29, 0.717) is 0 Å². The standard InChI is InChI=1S/C12H10/c1-3-9-7-8-10-4-2-6-12(10)11(9)5-1/h1,3-5,7-8H,2,6H2. The van der Waals surface area contributed by atoms with E-state index in [0.717, 1.165) is 0 Å². The lowest BCUT2D eigenvalue weighted by Gasteiger charge is -1.99. The fraction of sp³-hybridized carbons (Fsp3) is 0.167. The smallest absolute Gasteiger partial charge is 0.0146 e. The molecular weight excluding hydrogens is 144 g/mol. The lowest BCUT2D eigenvalue weighted by molar-refractivity contribution is 1.07. The number of allylic oxidation sites excluding steroid dienone is 1. The van der Waals surface area contributed by atoms with Crippen molar-refractivity contribution in [2.75, 3.05) is 0 Å². The van der Waals surface area contributed by atoms with Crippen LogP contribution < -0.4 is 10.4 Å². The van der Waals surface area contributed by atoms with Gasteiger partial charge in [-0.3, -0.25) is 0 Å². The molecule has 3 rings (SSSR count). The summed E-state index contributed by atoms with van der Waals surface area (Å²) in [7, 11) is 0. The van der Waals surface area contributed by atoms with Crippen molar-refractivity contribution >= 4 is 18.2 Å². The van der Waals surface area contributed by atoms with Crippen LogP contribution in [-0.4, -0.2) is 0 Å². The van der Waals surface area contributed by atoms with E-state index in [-0.39, 0.29) is 0 Å². The Kier molecular flexibility index (Phi) is 1.09. The van der Waals surface area contributed by atoms with Crippen LogP contribution in [0, 0.1) is 0 Å². The van der Waals surface area contributed by atoms with Gasteiger partial charge in [0.15, 0.2) is 0 Å². The van der Waals surface area contributed by atoms with Crippen LogP contribution in [0.1, 0.15) is 17.5 Å². The van der Waals surface area contributed by atoms with E-state index in [9.17, 15) is 0 Å². The molecular formula is C12H10. The molecule has 12 heavy (non-hydrogen) atoms. The van der Waals surface area contributed by atoms with Crippen LogP contribution in [0.4, 0.5) is 0 Å². The van der Waals surface area contributed by atoms with Crippen molar-refractivity contribution in [2.45, 2.75) is 12.8 Å². The van der Waals surface area contributed by atoms with Crippen LogP contribution in [0.25, 0.3) is 18.2 Å². The second-order valence-electron chi connectivity index (χ2n) is 3.40. The van der Waals surface area contributed by atoms with Crippen molar-refractivity contribution < 1.29 is 0 Å². The summed E-state index contributed by atoms with van der Waals surface area (Å²) in [5, 5.41) is 2.85. The van der Waals surface area contributed by atoms with Crippen LogP contribution in [-0.2, 0) is 6.42 Å². The predicted octanol–water partition coefficient (Wildman–Crippen LogP) is 1.22. The second-order valence-corrected chi connectivity index (χ2v) is 3.40. The molecule has 0 heterocycles. The van der Waals surface area contributed by atoms with Gasteiger partial charge in [0, 0.05) is 0 Å². The number of rotatable bonds is 0. The molecule has 0 spiro atoms. The van der Waals surface area contributed by atoms with Crippen LogP contribution >= 0.6 is 0 Å². The maximum atomic E-state index is 2.34. The summed E-state index contributed by atoms with van der Waals surface area (Å²) < 4.78 is 0. The van der Waals surface area contributed by atoms with E-state index in [4.69, 9.17) is 0 Å². The third-order valence-corrected chi connectivity index (χ3v) is 2.72. The maximum Gasteiger partial charge on any atom is -0.0146 e. The monoisotopic (exact) mass is 154 g/mol. The number of hydrogen-bond donors (Lipinski definition) is 0. The Balaban J connectivity index is 2.50. The summed E-state index contributed by atoms with van der Waals surface area (Å²) >= 11 is 0. The van der Waals surface area contributed by atoms with Gasteiger partial charge in [-0.05, 0) is 34.4 Å². The lowest BCUT2D eigenvalue weighted by Crippen LogP contribution is -2.14. The lowest BCUT2D eigenvalue weighted by atomic mass is 10.1. The molecule has 0 amide bonds. The highest BCUT2D eigenvalue weighted by Crippen LogP contribution is 2.12. The first-order chi connectivity index (χ1) is 5.95. The molecule has 1 aromatic rings. The molecule has 0 atom stereocenters. The molecule has 0 saturated carbocycles. The van der Waals surface area contributed by atoms with Crippen molar-refractivity contribution in [3.8, 4) is 0 Å². The summed E-state index contributed by atoms with van der Waals surface area (Å²) in [5.41, 5.74) is 3.01. The van der Waals surface area contributed by atoms with Gasteiger partial charge >= 0.3 is 0 Å². The summed E-state index contributed by atoms with van der Waals surface area (Å²) in [6, 6.07) is 4.46. The van der Waals surface area contributed by atoms with Gasteiger partial charge in [-0.2, -0.15) is 0 Å². The number of hydrogen-bond acceptors (Lipinski definition) is 0. The highest BCUT2D eigenvalue weighted by Gasteiger charge is 2.08. The Bertz CT molecular complexity index is 475. The molecule has 2 aliphatic carbocycles. The first-order valence-electron chi connectivity index (χ1n) is 4.46. The van der Waals surface area contributed by atoms with E-state index in [1.165, 1.54) is 28.8 Å². The molecule has 0 bridgehead atoms. The van der Waals surface area contributed by atoms with Crippen LogP contribution in [0.5, 0.6) is 0 Å². The Hall–Kier alpha value is -1.30. The highest BCUT2D eigenvalue weighted by atomic mass is 14.1. The molecule has 0 N–H and O–H groups in total. The minimum atomic E-state index is 1.22. The molecule has 0 saturated heterocycles. The quantitative estimate of drug-likeness (QED) is 0.527. The Morgan fingerprint density at radius 3 is 3.00 bits per heavy atom. The van der Waals surface area contributed by atoms with E-state index >= 15 is 0 Å². The average molecular weight is 154 g/mol. The zero-order valence-electron chi connectivity index (χ0n) is 6.88. The normalized spacial score (nSPS) is 16.7. The minimum Gasteiger partial charge on any atom is -0.0766 e. The van der Waals surface area contributed by atoms with Gasteiger partial charge in [-0.1, -0.05) is 36.4 Å². The Morgan fingerprint density at radius 2 is 2.00 bits per heavy atom. The minimum absolute atomic E-state index is 1.22. The first kappa shape index (κ1) is 6.24. The second kappa shape index (κ2) is 2.10. The van der Waals surface area contributed by atoms with Crippen molar-refractivity contribution in [1.29, 1.82) is 0 Å². The zero-order valence-corrected chi connectivity index (χ0v) is 6.88. The van der Waals surface area contributed by atoms with Crippen molar-refractivity contribution in [3.63, 3.8) is 0 Å². The Morgan fingerprint density at radius 1 is 1.08 bits per heavy atom. The van der Waals surface area contributed by atoms with Gasteiger partial charge in [0.05, 0.1) is 0 Å². The molecule has 2 aliphatic rings. The third-order valence-electron chi connectivity index (χ3n) is 2.72. The van der Waals surface area contributed by atoms with Gasteiger partial charge in [-0.15, -0.1) is 0 Å². The van der Waals surface area contributed by atoms with E-state index in [2.05, 4.69) is 36.4 Å². The SMILES string of the molecule is C1=Cc2c3c(ccc2=C1)=CCC3. The summed E-state index contributed by atoms with van der Waals surface area (Å²) in [4.78, 5) is 0. The molecule has 0 fully saturated rings. The van der Waals surface area contributed by atoms with E-state index in [1.54, 1.807) is 5.56 Å². The van der Waals surface area contributed by atoms with Gasteiger partial charge in [0.1, 0.15) is 0 Å². The zero-order chi connectivity index (χ0) is 7.97. The molecule has 0 heteroatoms. The van der Waals surface area contributed by atoms with Crippen molar-refractivity contribution in [2.24, 2.45) is 0 Å². The average Bonchev–Trinajstić information content (AvgIpc) is 2.71. The van der Waals surface area contributed by atoms with Crippen LogP contribution in [0.15, 0.2) is 18.2 Å². The Labute approximate surface area is 71.5 Å². The topological polar surface area (TPSA) is 0 Å². The van der Waals surface area contributed by atoms with Gasteiger partial charge in [0.25, 0.3) is 0 Å². The van der Waals surface area contributed by atoms with Crippen molar-refractivity contribution in [1.82, 2.24) is 0 Å². The molecule has 0 nitrogen and oxygen atoms in total. The van der Waals surface area contributed by atoms with E-state index in [1.807, 2.05) is 0 Å². The fourth-order valence-electron chi connectivity index (χ4n) is 2.13. The maximum absolute atomic E-state index is 2.34. The molecule has 0 unspecified atom stereocenters. The van der Waals surface area contributed by atoms with E-state index < -0.39 is 0 Å². The molecule has 0 radical (unpaired) electrons. The van der Waals surface area contributed by atoms with Gasteiger partial charge < -0.3 is 0 Å². The number of benzene rings is 1.